The van der Waals surface area contributed by atoms with Crippen LogP contribution in [0.5, 0.6) is 0 Å². The first-order chi connectivity index (χ1) is 15.4. The Bertz CT molecular complexity index is 1590. The van der Waals surface area contributed by atoms with E-state index in [0.29, 0.717) is 22.3 Å². The first-order valence-corrected chi connectivity index (χ1v) is 10.3. The summed E-state index contributed by atoms with van der Waals surface area (Å²) < 4.78 is 11.0. The lowest BCUT2D eigenvalue weighted by atomic mass is 9.98. The molecule has 0 aliphatic heterocycles. The fourth-order valence-corrected chi connectivity index (χ4v) is 3.95. The minimum Gasteiger partial charge on any atom is -0.423 e. The largest absolute Gasteiger partial charge is 0.423 e. The van der Waals surface area contributed by atoms with Gasteiger partial charge >= 0.3 is 11.3 Å². The molecule has 0 radical (unpaired) electrons. The van der Waals surface area contributed by atoms with Crippen LogP contribution in [0.15, 0.2) is 91.2 Å². The highest BCUT2D eigenvalue weighted by atomic mass is 16.4. The monoisotopic (exact) mass is 423 g/mol. The lowest BCUT2D eigenvalue weighted by Gasteiger charge is -2.13. The van der Waals surface area contributed by atoms with Crippen molar-refractivity contribution >= 4 is 27.6 Å². The van der Waals surface area contributed by atoms with Crippen LogP contribution < -0.4 is 16.2 Å². The summed E-state index contributed by atoms with van der Waals surface area (Å²) in [5.41, 5.74) is 5.15. The third kappa shape index (κ3) is 3.48. The Kier molecular flexibility index (Phi) is 4.67. The molecule has 0 fully saturated rings. The first kappa shape index (κ1) is 19.8. The molecule has 5 rings (SSSR count). The molecule has 0 atom stereocenters. The van der Waals surface area contributed by atoms with E-state index in [-0.39, 0.29) is 0 Å². The lowest BCUT2D eigenvalue weighted by Crippen LogP contribution is -2.08. The van der Waals surface area contributed by atoms with Gasteiger partial charge in [0.1, 0.15) is 11.2 Å². The van der Waals surface area contributed by atoms with Gasteiger partial charge in [-0.25, -0.2) is 9.59 Å². The van der Waals surface area contributed by atoms with Gasteiger partial charge in [0.25, 0.3) is 0 Å². The van der Waals surface area contributed by atoms with Crippen molar-refractivity contribution in [2.24, 2.45) is 0 Å². The van der Waals surface area contributed by atoms with E-state index in [4.69, 9.17) is 8.83 Å². The van der Waals surface area contributed by atoms with Crippen LogP contribution in [0, 0.1) is 6.92 Å². The van der Waals surface area contributed by atoms with E-state index in [1.54, 1.807) is 18.2 Å². The predicted octanol–water partition coefficient (Wildman–Crippen LogP) is 5.61. The summed E-state index contributed by atoms with van der Waals surface area (Å²) in [6.07, 6.45) is 0. The van der Waals surface area contributed by atoms with Crippen LogP contribution in [0.25, 0.3) is 44.2 Å². The summed E-state index contributed by atoms with van der Waals surface area (Å²) in [6, 6.07) is 22.4. The number of nitrogens with zero attached hydrogens (tertiary/aromatic N) is 1. The van der Waals surface area contributed by atoms with Gasteiger partial charge in [0.15, 0.2) is 0 Å². The predicted molar refractivity (Wildman–Crippen MR) is 128 cm³/mol. The van der Waals surface area contributed by atoms with E-state index in [2.05, 4.69) is 0 Å². The van der Waals surface area contributed by atoms with E-state index in [1.807, 2.05) is 74.4 Å². The van der Waals surface area contributed by atoms with Crippen molar-refractivity contribution in [2.75, 3.05) is 19.0 Å². The fraction of sp³-hybridized carbons (Fsp3) is 0.111. The van der Waals surface area contributed by atoms with Gasteiger partial charge in [-0.05, 0) is 66.1 Å². The zero-order chi connectivity index (χ0) is 22.4. The summed E-state index contributed by atoms with van der Waals surface area (Å²) >= 11 is 0. The summed E-state index contributed by atoms with van der Waals surface area (Å²) in [5, 5.41) is 1.61. The van der Waals surface area contributed by atoms with Crippen molar-refractivity contribution in [1.29, 1.82) is 0 Å². The smallest absolute Gasteiger partial charge is 0.344 e. The van der Waals surface area contributed by atoms with Crippen molar-refractivity contribution in [3.05, 3.63) is 99.2 Å². The van der Waals surface area contributed by atoms with Gasteiger partial charge < -0.3 is 13.7 Å². The topological polar surface area (TPSA) is 63.7 Å². The standard InChI is InChI=1S/C27H21NO4/c1-16-4-10-24-19(12-16)14-22(27(30)32-24)18-7-11-25-23(13-18)21(15-26(29)31-25)17-5-8-20(9-6-17)28(2)3/h4-15H,1-3H3. The van der Waals surface area contributed by atoms with Crippen LogP contribution in [0.3, 0.4) is 0 Å². The van der Waals surface area contributed by atoms with Crippen molar-refractivity contribution in [3.8, 4) is 22.3 Å². The van der Waals surface area contributed by atoms with Crippen molar-refractivity contribution in [3.63, 3.8) is 0 Å². The number of aryl methyl sites for hydroxylation is 1. The molecule has 0 aliphatic carbocycles. The Morgan fingerprint density at radius 3 is 2.16 bits per heavy atom. The number of anilines is 1. The minimum atomic E-state index is -0.419. The van der Waals surface area contributed by atoms with Crippen LogP contribution >= 0.6 is 0 Å². The molecule has 2 heterocycles. The Morgan fingerprint density at radius 2 is 1.41 bits per heavy atom. The van der Waals surface area contributed by atoms with Crippen LogP contribution in [-0.2, 0) is 0 Å². The van der Waals surface area contributed by atoms with Crippen LogP contribution in [0.1, 0.15) is 5.56 Å². The van der Waals surface area contributed by atoms with Gasteiger partial charge in [0, 0.05) is 36.6 Å². The maximum Gasteiger partial charge on any atom is 0.344 e. The van der Waals surface area contributed by atoms with E-state index < -0.39 is 11.3 Å². The molecule has 0 N–H and O–H groups in total. The second kappa shape index (κ2) is 7.54. The highest BCUT2D eigenvalue weighted by Gasteiger charge is 2.13. The molecule has 0 amide bonds. The van der Waals surface area contributed by atoms with Gasteiger partial charge in [-0.15, -0.1) is 0 Å². The quantitative estimate of drug-likeness (QED) is 0.353. The molecule has 3 aromatic carbocycles. The van der Waals surface area contributed by atoms with E-state index in [9.17, 15) is 9.59 Å². The molecular weight excluding hydrogens is 402 g/mol. The third-order valence-electron chi connectivity index (χ3n) is 5.64. The summed E-state index contributed by atoms with van der Waals surface area (Å²) in [7, 11) is 3.95. The lowest BCUT2D eigenvalue weighted by molar-refractivity contribution is 0.561. The summed E-state index contributed by atoms with van der Waals surface area (Å²) in [6.45, 7) is 2.00. The third-order valence-corrected chi connectivity index (χ3v) is 5.64. The zero-order valence-corrected chi connectivity index (χ0v) is 18.0. The molecular formula is C27H21NO4. The average Bonchev–Trinajstić information content (AvgIpc) is 2.78. The maximum atomic E-state index is 12.7. The molecule has 2 aromatic heterocycles. The van der Waals surface area contributed by atoms with E-state index in [0.717, 1.165) is 33.2 Å². The van der Waals surface area contributed by atoms with E-state index in [1.165, 1.54) is 6.07 Å². The summed E-state index contributed by atoms with van der Waals surface area (Å²) in [5.74, 6) is 0. The minimum absolute atomic E-state index is 0.407. The number of hydrogen-bond donors (Lipinski definition) is 0. The molecule has 5 aromatic rings. The SMILES string of the molecule is Cc1ccc2oc(=O)c(-c3ccc4oc(=O)cc(-c5ccc(N(C)C)cc5)c4c3)cc2c1. The van der Waals surface area contributed by atoms with Crippen molar-refractivity contribution < 1.29 is 8.83 Å². The Labute approximate surface area is 184 Å². The normalized spacial score (nSPS) is 11.2. The molecule has 5 nitrogen and oxygen atoms in total. The Hall–Kier alpha value is -4.12. The average molecular weight is 423 g/mol. The molecule has 158 valence electrons. The van der Waals surface area contributed by atoms with Crippen LogP contribution in [0.4, 0.5) is 5.69 Å². The first-order valence-electron chi connectivity index (χ1n) is 10.3. The molecule has 5 heteroatoms. The molecule has 32 heavy (non-hydrogen) atoms. The highest BCUT2D eigenvalue weighted by Crippen LogP contribution is 2.32. The molecule has 0 saturated carbocycles. The van der Waals surface area contributed by atoms with Crippen molar-refractivity contribution in [2.45, 2.75) is 6.92 Å². The number of fused-ring (bicyclic) bond motifs is 2. The second-order valence-electron chi connectivity index (χ2n) is 8.12. The second-order valence-corrected chi connectivity index (χ2v) is 8.12. The fourth-order valence-electron chi connectivity index (χ4n) is 3.95. The van der Waals surface area contributed by atoms with Crippen LogP contribution in [0.2, 0.25) is 0 Å². The van der Waals surface area contributed by atoms with Gasteiger partial charge in [0.2, 0.25) is 0 Å². The zero-order valence-electron chi connectivity index (χ0n) is 18.0. The Morgan fingerprint density at radius 1 is 0.688 bits per heavy atom. The van der Waals surface area contributed by atoms with Gasteiger partial charge in [-0.1, -0.05) is 29.8 Å². The highest BCUT2D eigenvalue weighted by molar-refractivity contribution is 5.96. The molecule has 0 unspecified atom stereocenters. The molecule has 0 saturated heterocycles. The van der Waals surface area contributed by atoms with E-state index >= 15 is 0 Å². The molecule has 0 aliphatic rings. The Balaban J connectivity index is 1.72. The van der Waals surface area contributed by atoms with Gasteiger partial charge in [-0.3, -0.25) is 0 Å². The molecule has 0 spiro atoms. The van der Waals surface area contributed by atoms with Gasteiger partial charge in [0.05, 0.1) is 5.56 Å². The van der Waals surface area contributed by atoms with Crippen LogP contribution in [-0.4, -0.2) is 14.1 Å². The number of rotatable bonds is 3. The number of hydrogen-bond acceptors (Lipinski definition) is 5. The maximum absolute atomic E-state index is 12.7. The number of benzene rings is 3. The van der Waals surface area contributed by atoms with Gasteiger partial charge in [-0.2, -0.15) is 0 Å². The summed E-state index contributed by atoms with van der Waals surface area (Å²) in [4.78, 5) is 26.9. The van der Waals surface area contributed by atoms with Crippen molar-refractivity contribution in [1.82, 2.24) is 0 Å². The molecule has 0 bridgehead atoms.